The number of amides is 1. The van der Waals surface area contributed by atoms with Gasteiger partial charge in [0.2, 0.25) is 0 Å². The Morgan fingerprint density at radius 2 is 1.75 bits per heavy atom. The normalized spacial score (nSPS) is 17.4. The van der Waals surface area contributed by atoms with Crippen molar-refractivity contribution < 1.29 is 9.90 Å². The Morgan fingerprint density at radius 1 is 1.25 bits per heavy atom. The molecule has 8 heteroatoms. The van der Waals surface area contributed by atoms with Crippen LogP contribution in [0.15, 0.2) is 11.3 Å². The second-order valence-corrected chi connectivity index (χ2v) is 2.56. The van der Waals surface area contributed by atoms with Gasteiger partial charge in [-0.3, -0.25) is 4.79 Å². The Balaban J connectivity index is 0. The summed E-state index contributed by atoms with van der Waals surface area (Å²) in [6, 6.07) is 3.82. The number of carbonyl (C=O) groups excluding carboxylic acids is 1. The molecule has 1 atom stereocenters. The minimum atomic E-state index is -1.17. The first-order valence-corrected chi connectivity index (χ1v) is 3.59. The number of hydrogen-bond acceptors (Lipinski definition) is 5. The zero-order chi connectivity index (χ0) is 10.7. The third kappa shape index (κ3) is 3.23. The van der Waals surface area contributed by atoms with E-state index in [9.17, 15) is 4.79 Å². The van der Waals surface area contributed by atoms with Crippen molar-refractivity contribution in [1.29, 1.82) is 15.8 Å². The molecule has 6 nitrogen and oxygen atoms in total. The zero-order valence-corrected chi connectivity index (χ0v) is 6.85. The number of nitrogens with zero attached hydrogens (tertiary/aromatic N) is 3. The Hall–Kier alpha value is -0.520. The maximum atomic E-state index is 10.9. The van der Waals surface area contributed by atoms with Gasteiger partial charge in [-0.15, -0.1) is 0 Å². The van der Waals surface area contributed by atoms with Gasteiger partial charge in [0.05, 0.1) is 18.2 Å². The average molecular weight is 236 g/mol. The Labute approximate surface area is 136 Å². The van der Waals surface area contributed by atoms with Gasteiger partial charge in [0, 0.05) is 0 Å². The van der Waals surface area contributed by atoms with Crippen LogP contribution < -0.4 is 5.32 Å². The second kappa shape index (κ2) is 7.70. The molecule has 0 saturated carbocycles. The van der Waals surface area contributed by atoms with Crippen molar-refractivity contribution in [3.05, 3.63) is 11.3 Å². The number of aliphatic hydroxyl groups excluding tert-OH is 1. The topological polar surface area (TPSA) is 121 Å². The number of rotatable bonds is 1. The monoisotopic (exact) mass is 236 g/mol. The van der Waals surface area contributed by atoms with Gasteiger partial charge in [-0.1, -0.05) is 0 Å². The predicted molar refractivity (Wildman–Crippen MR) is 56.2 cm³/mol. The number of aliphatic hydroxyl groups is 1. The van der Waals surface area contributed by atoms with E-state index in [1.807, 2.05) is 0 Å². The van der Waals surface area contributed by atoms with E-state index in [1.54, 1.807) is 18.2 Å². The summed E-state index contributed by atoms with van der Waals surface area (Å²) in [4.78, 5) is 10.9. The number of nitrogens with one attached hydrogen (secondary N) is 1. The van der Waals surface area contributed by atoms with Gasteiger partial charge in [-0.2, -0.15) is 15.8 Å². The number of nitriles is 3. The Bertz CT molecular complexity index is 426. The standard InChI is InChI=1S/C8H4N4O2.2Na.2H/c9-1-4(2-10)6-5(3-11)7(13)8(14)12-6;;;;/h4,6,13H,(H,12,14);;;;. The van der Waals surface area contributed by atoms with Gasteiger partial charge in [0.1, 0.15) is 11.6 Å². The Morgan fingerprint density at radius 3 is 2.12 bits per heavy atom. The summed E-state index contributed by atoms with van der Waals surface area (Å²) in [5.41, 5.74) is -0.261. The summed E-state index contributed by atoms with van der Waals surface area (Å²) in [7, 11) is 0. The molecule has 1 amide bonds. The van der Waals surface area contributed by atoms with E-state index in [1.165, 1.54) is 0 Å². The van der Waals surface area contributed by atoms with Crippen LogP contribution >= 0.6 is 0 Å². The van der Waals surface area contributed by atoms with Gasteiger partial charge in [-0.25, -0.2) is 0 Å². The molecule has 72 valence electrons. The molecule has 0 aromatic heterocycles. The van der Waals surface area contributed by atoms with Crippen molar-refractivity contribution in [2.75, 3.05) is 0 Å². The van der Waals surface area contributed by atoms with Crippen LogP contribution in [0.1, 0.15) is 0 Å². The van der Waals surface area contributed by atoms with E-state index in [4.69, 9.17) is 20.9 Å². The first-order valence-electron chi connectivity index (χ1n) is 3.59. The second-order valence-electron chi connectivity index (χ2n) is 2.56. The van der Waals surface area contributed by atoms with Gasteiger partial charge >= 0.3 is 59.1 Å². The molecule has 1 unspecified atom stereocenters. The van der Waals surface area contributed by atoms with Crippen molar-refractivity contribution in [2.24, 2.45) is 5.92 Å². The molecular weight excluding hydrogens is 230 g/mol. The molecule has 2 N–H and O–H groups in total. The van der Waals surface area contributed by atoms with Crippen LogP contribution in [0.25, 0.3) is 0 Å². The number of carbonyl (C=O) groups is 1. The molecule has 1 aliphatic heterocycles. The molecule has 0 aromatic carbocycles. The van der Waals surface area contributed by atoms with Crippen molar-refractivity contribution >= 4 is 65.0 Å². The molecule has 16 heavy (non-hydrogen) atoms. The fourth-order valence-electron chi connectivity index (χ4n) is 1.10. The summed E-state index contributed by atoms with van der Waals surface area (Å²) in [5, 5.41) is 36.9. The minimum absolute atomic E-state index is 0. The molecular formula is C8H6N4Na2O2. The molecule has 1 rings (SSSR count). The third-order valence-corrected chi connectivity index (χ3v) is 1.80. The fourth-order valence-corrected chi connectivity index (χ4v) is 1.10. The van der Waals surface area contributed by atoms with Gasteiger partial charge < -0.3 is 10.4 Å². The van der Waals surface area contributed by atoms with Gasteiger partial charge in [0.15, 0.2) is 11.7 Å². The Kier molecular flexibility index (Phi) is 8.60. The van der Waals surface area contributed by atoms with E-state index in [0.29, 0.717) is 0 Å². The van der Waals surface area contributed by atoms with Crippen molar-refractivity contribution in [2.45, 2.75) is 6.04 Å². The molecule has 0 bridgehead atoms. The molecule has 1 aliphatic rings. The summed E-state index contributed by atoms with van der Waals surface area (Å²) < 4.78 is 0. The first-order chi connectivity index (χ1) is 6.65. The van der Waals surface area contributed by atoms with Crippen LogP contribution in [-0.4, -0.2) is 76.2 Å². The van der Waals surface area contributed by atoms with Crippen molar-refractivity contribution in [3.63, 3.8) is 0 Å². The van der Waals surface area contributed by atoms with Crippen LogP contribution in [0.5, 0.6) is 0 Å². The summed E-state index contributed by atoms with van der Waals surface area (Å²) in [5.74, 6) is -2.71. The SMILES string of the molecule is N#CC1=C(O)C(=O)NC1C(C#N)C#N.[NaH].[NaH]. The van der Waals surface area contributed by atoms with Crippen molar-refractivity contribution in [1.82, 2.24) is 5.32 Å². The van der Waals surface area contributed by atoms with Gasteiger partial charge in [0.25, 0.3) is 5.91 Å². The average Bonchev–Trinajstić information content (AvgIpc) is 2.45. The van der Waals surface area contributed by atoms with E-state index >= 15 is 0 Å². The van der Waals surface area contributed by atoms with Crippen LogP contribution in [0.3, 0.4) is 0 Å². The molecule has 0 saturated heterocycles. The van der Waals surface area contributed by atoms with Crippen molar-refractivity contribution in [3.8, 4) is 18.2 Å². The third-order valence-electron chi connectivity index (χ3n) is 1.80. The first kappa shape index (κ1) is 17.9. The van der Waals surface area contributed by atoms with E-state index in [0.717, 1.165) is 0 Å². The van der Waals surface area contributed by atoms with Crippen LogP contribution in [0, 0.1) is 39.9 Å². The molecule has 0 aliphatic carbocycles. The fraction of sp³-hybridized carbons (Fsp3) is 0.250. The van der Waals surface area contributed by atoms with Gasteiger partial charge in [-0.05, 0) is 0 Å². The number of hydrogen-bond donors (Lipinski definition) is 2. The molecule has 0 aromatic rings. The summed E-state index contributed by atoms with van der Waals surface area (Å²) >= 11 is 0. The summed E-state index contributed by atoms with van der Waals surface area (Å²) in [6.45, 7) is 0. The van der Waals surface area contributed by atoms with Crippen LogP contribution in [0.2, 0.25) is 0 Å². The summed E-state index contributed by atoms with van der Waals surface area (Å²) in [6.07, 6.45) is 0. The van der Waals surface area contributed by atoms with E-state index in [-0.39, 0.29) is 64.7 Å². The predicted octanol–water partition coefficient (Wildman–Crippen LogP) is -1.81. The molecule has 0 spiro atoms. The van der Waals surface area contributed by atoms with E-state index in [2.05, 4.69) is 5.32 Å². The molecule has 1 heterocycles. The van der Waals surface area contributed by atoms with Crippen LogP contribution in [0.4, 0.5) is 0 Å². The van der Waals surface area contributed by atoms with Crippen LogP contribution in [-0.2, 0) is 4.79 Å². The molecule has 0 fully saturated rings. The maximum absolute atomic E-state index is 10.9. The quantitative estimate of drug-likeness (QED) is 0.519. The zero-order valence-electron chi connectivity index (χ0n) is 6.85. The van der Waals surface area contributed by atoms with E-state index < -0.39 is 23.6 Å². The molecule has 0 radical (unpaired) electrons.